The van der Waals surface area contributed by atoms with Crippen LogP contribution in [0.15, 0.2) is 35.0 Å². The Morgan fingerprint density at radius 3 is 2.65 bits per heavy atom. The standard InChI is InChI=1S/C20H26N2O3S/c1-3-22(4-2)17(16-8-11-26-14-16)13-21-20(23)15-6-7-18-19(12-15)25-10-5-9-24-18/h6-8,11-12,14,17H,3-5,9-10,13H2,1-2H3,(H,21,23). The lowest BCUT2D eigenvalue weighted by Gasteiger charge is -2.29. The number of benzene rings is 1. The van der Waals surface area contributed by atoms with Crippen molar-refractivity contribution < 1.29 is 14.3 Å². The van der Waals surface area contributed by atoms with E-state index in [9.17, 15) is 4.79 Å². The van der Waals surface area contributed by atoms with E-state index in [0.29, 0.717) is 36.8 Å². The molecule has 0 saturated heterocycles. The number of amides is 1. The Morgan fingerprint density at radius 1 is 1.19 bits per heavy atom. The van der Waals surface area contributed by atoms with Crippen LogP contribution in [0.5, 0.6) is 11.5 Å². The van der Waals surface area contributed by atoms with Gasteiger partial charge >= 0.3 is 0 Å². The molecule has 0 radical (unpaired) electrons. The zero-order chi connectivity index (χ0) is 18.4. The van der Waals surface area contributed by atoms with Crippen LogP contribution in [0.1, 0.15) is 42.2 Å². The number of thiophene rings is 1. The Hall–Kier alpha value is -2.05. The third-order valence-corrected chi connectivity index (χ3v) is 5.35. The highest BCUT2D eigenvalue weighted by Gasteiger charge is 2.20. The average Bonchev–Trinajstić information content (AvgIpc) is 3.09. The van der Waals surface area contributed by atoms with Gasteiger partial charge in [-0.25, -0.2) is 0 Å². The fraction of sp³-hybridized carbons (Fsp3) is 0.450. The summed E-state index contributed by atoms with van der Waals surface area (Å²) in [7, 11) is 0. The highest BCUT2D eigenvalue weighted by Crippen LogP contribution is 2.30. The van der Waals surface area contributed by atoms with Crippen LogP contribution in [0.25, 0.3) is 0 Å². The number of hydrogen-bond acceptors (Lipinski definition) is 5. The summed E-state index contributed by atoms with van der Waals surface area (Å²) < 4.78 is 11.3. The summed E-state index contributed by atoms with van der Waals surface area (Å²) in [5.74, 6) is 1.26. The van der Waals surface area contributed by atoms with Crippen LogP contribution in [0.2, 0.25) is 0 Å². The van der Waals surface area contributed by atoms with Crippen molar-refractivity contribution in [3.63, 3.8) is 0 Å². The van der Waals surface area contributed by atoms with Gasteiger partial charge in [0.15, 0.2) is 11.5 Å². The van der Waals surface area contributed by atoms with Crippen LogP contribution in [0.4, 0.5) is 0 Å². The molecule has 0 saturated carbocycles. The largest absolute Gasteiger partial charge is 0.490 e. The molecule has 1 unspecified atom stereocenters. The molecule has 26 heavy (non-hydrogen) atoms. The van der Waals surface area contributed by atoms with E-state index in [4.69, 9.17) is 9.47 Å². The lowest BCUT2D eigenvalue weighted by atomic mass is 10.1. The number of nitrogens with zero attached hydrogens (tertiary/aromatic N) is 1. The number of ether oxygens (including phenoxy) is 2. The summed E-state index contributed by atoms with van der Waals surface area (Å²) in [6.07, 6.45) is 0.850. The fourth-order valence-corrected chi connectivity index (χ4v) is 3.89. The summed E-state index contributed by atoms with van der Waals surface area (Å²) in [6.45, 7) is 8.01. The summed E-state index contributed by atoms with van der Waals surface area (Å²) in [5, 5.41) is 7.32. The number of nitrogens with one attached hydrogen (secondary N) is 1. The molecule has 3 rings (SSSR count). The molecule has 1 aromatic carbocycles. The number of fused-ring (bicyclic) bond motifs is 1. The van der Waals surface area contributed by atoms with Crippen LogP contribution in [0.3, 0.4) is 0 Å². The smallest absolute Gasteiger partial charge is 0.251 e. The van der Waals surface area contributed by atoms with Crippen molar-refractivity contribution in [1.29, 1.82) is 0 Å². The van der Waals surface area contributed by atoms with Crippen molar-refractivity contribution >= 4 is 17.2 Å². The molecular weight excluding hydrogens is 348 g/mol. The topological polar surface area (TPSA) is 50.8 Å². The maximum absolute atomic E-state index is 12.7. The molecule has 1 aliphatic rings. The molecule has 2 heterocycles. The normalized spacial score (nSPS) is 14.7. The van der Waals surface area contributed by atoms with E-state index in [2.05, 4.69) is 40.9 Å². The van der Waals surface area contributed by atoms with E-state index in [1.165, 1.54) is 5.56 Å². The minimum absolute atomic E-state index is 0.0898. The molecular formula is C20H26N2O3S. The van der Waals surface area contributed by atoms with Crippen molar-refractivity contribution in [3.8, 4) is 11.5 Å². The van der Waals surface area contributed by atoms with Crippen LogP contribution in [-0.2, 0) is 0 Å². The molecule has 0 fully saturated rings. The number of carbonyl (C=O) groups excluding carboxylic acids is 1. The Balaban J connectivity index is 1.69. The molecule has 1 N–H and O–H groups in total. The number of hydrogen-bond donors (Lipinski definition) is 1. The molecule has 0 bridgehead atoms. The van der Waals surface area contributed by atoms with Gasteiger partial charge < -0.3 is 14.8 Å². The number of carbonyl (C=O) groups is 1. The molecule has 5 nitrogen and oxygen atoms in total. The minimum atomic E-state index is -0.0898. The van der Waals surface area contributed by atoms with E-state index >= 15 is 0 Å². The van der Waals surface area contributed by atoms with E-state index in [-0.39, 0.29) is 11.9 Å². The molecule has 1 aromatic heterocycles. The number of likely N-dealkylation sites (N-methyl/N-ethyl adjacent to an activating group) is 1. The Labute approximate surface area is 158 Å². The van der Waals surface area contributed by atoms with Gasteiger partial charge in [0, 0.05) is 18.5 Å². The fourth-order valence-electron chi connectivity index (χ4n) is 3.18. The van der Waals surface area contributed by atoms with Gasteiger partial charge in [0.2, 0.25) is 0 Å². The van der Waals surface area contributed by atoms with Gasteiger partial charge in [0.25, 0.3) is 5.91 Å². The van der Waals surface area contributed by atoms with Crippen molar-refractivity contribution in [2.24, 2.45) is 0 Å². The first-order valence-corrected chi connectivity index (χ1v) is 10.1. The molecule has 6 heteroatoms. The molecule has 0 aliphatic carbocycles. The zero-order valence-corrected chi connectivity index (χ0v) is 16.2. The van der Waals surface area contributed by atoms with Crippen LogP contribution >= 0.6 is 11.3 Å². The lowest BCUT2D eigenvalue weighted by Crippen LogP contribution is -2.37. The van der Waals surface area contributed by atoms with Gasteiger partial charge in [-0.15, -0.1) is 0 Å². The maximum atomic E-state index is 12.7. The zero-order valence-electron chi connectivity index (χ0n) is 15.4. The first kappa shape index (κ1) is 18.7. The average molecular weight is 375 g/mol. The number of rotatable bonds is 7. The third-order valence-electron chi connectivity index (χ3n) is 4.65. The van der Waals surface area contributed by atoms with Gasteiger partial charge in [0.05, 0.1) is 19.3 Å². The molecule has 1 aliphatic heterocycles. The summed E-state index contributed by atoms with van der Waals surface area (Å²) in [6, 6.07) is 7.69. The Morgan fingerprint density at radius 2 is 1.96 bits per heavy atom. The van der Waals surface area contributed by atoms with Crippen molar-refractivity contribution in [2.75, 3.05) is 32.8 Å². The predicted molar refractivity (Wildman–Crippen MR) is 104 cm³/mol. The van der Waals surface area contributed by atoms with Gasteiger partial charge in [-0.2, -0.15) is 11.3 Å². The monoisotopic (exact) mass is 374 g/mol. The first-order valence-electron chi connectivity index (χ1n) is 9.17. The summed E-state index contributed by atoms with van der Waals surface area (Å²) in [4.78, 5) is 15.0. The van der Waals surface area contributed by atoms with Crippen LogP contribution in [0, 0.1) is 0 Å². The van der Waals surface area contributed by atoms with Gasteiger partial charge in [-0.1, -0.05) is 13.8 Å². The van der Waals surface area contributed by atoms with Crippen molar-refractivity contribution in [2.45, 2.75) is 26.3 Å². The predicted octanol–water partition coefficient (Wildman–Crippen LogP) is 3.72. The third kappa shape index (κ3) is 4.37. The van der Waals surface area contributed by atoms with E-state index in [1.54, 1.807) is 23.5 Å². The van der Waals surface area contributed by atoms with E-state index in [1.807, 2.05) is 6.07 Å². The molecule has 2 aromatic rings. The quantitative estimate of drug-likeness (QED) is 0.802. The summed E-state index contributed by atoms with van der Waals surface area (Å²) >= 11 is 1.68. The summed E-state index contributed by atoms with van der Waals surface area (Å²) in [5.41, 5.74) is 1.84. The molecule has 1 amide bonds. The highest BCUT2D eigenvalue weighted by atomic mass is 32.1. The van der Waals surface area contributed by atoms with E-state index < -0.39 is 0 Å². The maximum Gasteiger partial charge on any atom is 0.251 e. The Bertz CT molecular complexity index is 714. The molecule has 0 spiro atoms. The Kier molecular flexibility index (Phi) is 6.52. The van der Waals surface area contributed by atoms with Crippen LogP contribution in [-0.4, -0.2) is 43.7 Å². The second kappa shape index (κ2) is 9.05. The van der Waals surface area contributed by atoms with Crippen molar-refractivity contribution in [3.05, 3.63) is 46.2 Å². The first-order chi connectivity index (χ1) is 12.7. The van der Waals surface area contributed by atoms with Gasteiger partial charge in [-0.3, -0.25) is 9.69 Å². The second-order valence-electron chi connectivity index (χ2n) is 6.22. The lowest BCUT2D eigenvalue weighted by molar-refractivity contribution is 0.0934. The highest BCUT2D eigenvalue weighted by molar-refractivity contribution is 7.07. The minimum Gasteiger partial charge on any atom is -0.490 e. The van der Waals surface area contributed by atoms with Gasteiger partial charge in [0.1, 0.15) is 0 Å². The van der Waals surface area contributed by atoms with Crippen molar-refractivity contribution in [1.82, 2.24) is 10.2 Å². The SMILES string of the molecule is CCN(CC)C(CNC(=O)c1ccc2c(c1)OCCCO2)c1ccsc1. The molecule has 140 valence electrons. The second-order valence-corrected chi connectivity index (χ2v) is 7.00. The van der Waals surface area contributed by atoms with Gasteiger partial charge in [-0.05, 0) is 53.7 Å². The molecule has 1 atom stereocenters. The van der Waals surface area contributed by atoms with E-state index in [0.717, 1.165) is 19.5 Å². The van der Waals surface area contributed by atoms with Crippen LogP contribution < -0.4 is 14.8 Å².